The van der Waals surface area contributed by atoms with Crippen molar-refractivity contribution in [2.45, 2.75) is 0 Å². The first kappa shape index (κ1) is 11.6. The second kappa shape index (κ2) is 4.33. The number of benzene rings is 1. The average molecular weight is 272 g/mol. The lowest BCUT2D eigenvalue weighted by Gasteiger charge is -2.02. The number of aromatic nitrogens is 1. The molecular formula is C13H8N2O3S. The van der Waals surface area contributed by atoms with Gasteiger partial charge in [0.15, 0.2) is 0 Å². The average Bonchev–Trinajstić information content (AvgIpc) is 2.69. The summed E-state index contributed by atoms with van der Waals surface area (Å²) in [6.45, 7) is 0. The lowest BCUT2D eigenvalue weighted by Crippen LogP contribution is -2.29. The number of hydrogen-bond acceptors (Lipinski definition) is 4. The van der Waals surface area contributed by atoms with Crippen molar-refractivity contribution in [1.29, 1.82) is 0 Å². The largest absolute Gasteiger partial charge is 0.493 e. The molecule has 0 radical (unpaired) electrons. The van der Waals surface area contributed by atoms with E-state index in [-0.39, 0.29) is 16.7 Å². The highest BCUT2D eigenvalue weighted by Gasteiger charge is 2.12. The Labute approximate surface area is 110 Å². The first-order chi connectivity index (χ1) is 9.13. The van der Waals surface area contributed by atoms with E-state index >= 15 is 0 Å². The summed E-state index contributed by atoms with van der Waals surface area (Å²) in [6, 6.07) is 7.26. The predicted molar refractivity (Wildman–Crippen MR) is 71.3 cm³/mol. The Hall–Kier alpha value is -2.47. The third-order valence-electron chi connectivity index (χ3n) is 2.66. The zero-order chi connectivity index (χ0) is 13.4. The third kappa shape index (κ3) is 2.13. The molecule has 1 aromatic carbocycles. The topological polar surface area (TPSA) is 82.5 Å². The molecule has 2 aromatic rings. The zero-order valence-corrected chi connectivity index (χ0v) is 10.4. The summed E-state index contributed by atoms with van der Waals surface area (Å²) in [6.07, 6.45) is 3.15. The minimum absolute atomic E-state index is 0.234. The molecule has 94 valence electrons. The Kier molecular flexibility index (Phi) is 2.64. The highest BCUT2D eigenvalue weighted by atomic mass is 32.1. The highest BCUT2D eigenvalue weighted by Crippen LogP contribution is 2.20. The minimum atomic E-state index is -0.390. The Bertz CT molecular complexity index is 874. The van der Waals surface area contributed by atoms with E-state index < -0.39 is 0 Å². The fourth-order valence-corrected chi connectivity index (χ4v) is 2.47. The molecule has 1 aliphatic rings. The Morgan fingerprint density at radius 3 is 2.79 bits per heavy atom. The first-order valence-corrected chi connectivity index (χ1v) is 6.29. The molecule has 0 aliphatic carbocycles. The molecule has 0 spiro atoms. The molecule has 19 heavy (non-hydrogen) atoms. The number of amides is 1. The van der Waals surface area contributed by atoms with E-state index in [1.165, 1.54) is 6.08 Å². The maximum atomic E-state index is 11.8. The van der Waals surface area contributed by atoms with Crippen LogP contribution in [0.25, 0.3) is 12.2 Å². The van der Waals surface area contributed by atoms with Crippen LogP contribution in [0, 0.1) is 0 Å². The van der Waals surface area contributed by atoms with Gasteiger partial charge in [-0.2, -0.15) is 0 Å². The molecule has 1 amide bonds. The summed E-state index contributed by atoms with van der Waals surface area (Å²) in [7, 11) is 0. The number of para-hydroxylation sites is 1. The lowest BCUT2D eigenvalue weighted by molar-refractivity contribution is -0.114. The van der Waals surface area contributed by atoms with Crippen LogP contribution in [0.3, 0.4) is 0 Å². The summed E-state index contributed by atoms with van der Waals surface area (Å²) < 4.78 is 0. The molecule has 1 aromatic heterocycles. The number of nitrogens with zero attached hydrogens (tertiary/aromatic N) is 1. The Morgan fingerprint density at radius 1 is 1.26 bits per heavy atom. The molecule has 0 atom stereocenters. The summed E-state index contributed by atoms with van der Waals surface area (Å²) in [5.74, 6) is -0.624. The minimum Gasteiger partial charge on any atom is -0.493 e. The molecule has 3 rings (SSSR count). The van der Waals surface area contributed by atoms with Crippen molar-refractivity contribution in [3.8, 4) is 5.88 Å². The van der Waals surface area contributed by atoms with Gasteiger partial charge in [0.25, 0.3) is 5.91 Å². The summed E-state index contributed by atoms with van der Waals surface area (Å²) in [4.78, 5) is 29.1. The molecule has 0 bridgehead atoms. The van der Waals surface area contributed by atoms with Gasteiger partial charge in [-0.3, -0.25) is 14.6 Å². The third-order valence-corrected chi connectivity index (χ3v) is 3.48. The number of carbonyl (C=O) groups excluding carboxylic acids is 1. The number of H-pyrrole nitrogens is 1. The van der Waals surface area contributed by atoms with Crippen molar-refractivity contribution in [3.05, 3.63) is 55.0 Å². The Morgan fingerprint density at radius 2 is 2.05 bits per heavy atom. The van der Waals surface area contributed by atoms with Crippen molar-refractivity contribution in [3.63, 3.8) is 0 Å². The van der Waals surface area contributed by atoms with Crippen LogP contribution >= 0.6 is 11.3 Å². The van der Waals surface area contributed by atoms with Gasteiger partial charge in [-0.25, -0.2) is 4.99 Å². The Balaban J connectivity index is 2.18. The summed E-state index contributed by atoms with van der Waals surface area (Å²) in [5.41, 5.74) is 0.337. The van der Waals surface area contributed by atoms with E-state index in [0.29, 0.717) is 15.8 Å². The molecule has 0 saturated heterocycles. The number of aromatic hydroxyl groups is 1. The molecule has 5 nitrogen and oxygen atoms in total. The number of nitrogens with one attached hydrogen (secondary N) is 1. The molecule has 1 aliphatic heterocycles. The fraction of sp³-hybridized carbons (Fsp3) is 0. The number of hydrogen-bond donors (Lipinski definition) is 2. The highest BCUT2D eigenvalue weighted by molar-refractivity contribution is 7.10. The SMILES string of the molecule is O=C1N=c2ccccc2=C/C1=C\c1sc(=O)[nH]c1O. The standard InChI is InChI=1S/C13H8N2O3S/c16-11-8(6-10-12(17)15-13(18)19-10)5-7-3-1-2-4-9(7)14-11/h1-6,17H,(H,15,18)/b8-6+. The van der Waals surface area contributed by atoms with Gasteiger partial charge in [0.05, 0.1) is 10.2 Å². The normalized spacial score (nSPS) is 15.8. The monoisotopic (exact) mass is 272 g/mol. The number of fused-ring (bicyclic) bond motifs is 1. The van der Waals surface area contributed by atoms with E-state index in [9.17, 15) is 14.7 Å². The fourth-order valence-electron chi connectivity index (χ4n) is 1.79. The van der Waals surface area contributed by atoms with Gasteiger partial charge in [0.1, 0.15) is 0 Å². The van der Waals surface area contributed by atoms with Crippen molar-refractivity contribution >= 4 is 29.4 Å². The zero-order valence-electron chi connectivity index (χ0n) is 9.58. The van der Waals surface area contributed by atoms with E-state index in [1.54, 1.807) is 12.1 Å². The maximum Gasteiger partial charge on any atom is 0.307 e. The second-order valence-corrected chi connectivity index (χ2v) is 4.96. The number of carbonyl (C=O) groups is 1. The molecule has 2 N–H and O–H groups in total. The van der Waals surface area contributed by atoms with Crippen molar-refractivity contribution in [2.24, 2.45) is 4.99 Å². The number of thiazole rings is 1. The number of aromatic amines is 1. The van der Waals surface area contributed by atoms with Crippen LogP contribution in [0.2, 0.25) is 0 Å². The molecule has 2 heterocycles. The van der Waals surface area contributed by atoms with Gasteiger partial charge in [0.2, 0.25) is 5.88 Å². The number of rotatable bonds is 1. The van der Waals surface area contributed by atoms with Gasteiger partial charge < -0.3 is 5.11 Å². The van der Waals surface area contributed by atoms with Crippen LogP contribution in [0.5, 0.6) is 5.88 Å². The maximum absolute atomic E-state index is 11.8. The molecule has 0 saturated carbocycles. The first-order valence-electron chi connectivity index (χ1n) is 5.47. The molecule has 6 heteroatoms. The van der Waals surface area contributed by atoms with Crippen LogP contribution in [-0.2, 0) is 4.79 Å². The summed E-state index contributed by atoms with van der Waals surface area (Å²) >= 11 is 0.840. The van der Waals surface area contributed by atoms with Crippen LogP contribution in [0.4, 0.5) is 0 Å². The van der Waals surface area contributed by atoms with Crippen LogP contribution in [0.1, 0.15) is 4.88 Å². The lowest BCUT2D eigenvalue weighted by atomic mass is 10.1. The van der Waals surface area contributed by atoms with Crippen LogP contribution in [0.15, 0.2) is 39.6 Å². The van der Waals surface area contributed by atoms with Crippen LogP contribution < -0.4 is 15.4 Å². The quantitative estimate of drug-likeness (QED) is 0.726. The summed E-state index contributed by atoms with van der Waals surface area (Å²) in [5, 5.41) is 10.9. The van der Waals surface area contributed by atoms with Gasteiger partial charge in [-0.15, -0.1) is 0 Å². The molecule has 0 unspecified atom stereocenters. The van der Waals surface area contributed by atoms with E-state index in [4.69, 9.17) is 0 Å². The van der Waals surface area contributed by atoms with E-state index in [1.807, 2.05) is 18.2 Å². The van der Waals surface area contributed by atoms with Gasteiger partial charge >= 0.3 is 4.87 Å². The van der Waals surface area contributed by atoms with E-state index in [2.05, 4.69) is 9.98 Å². The van der Waals surface area contributed by atoms with Crippen molar-refractivity contribution in [1.82, 2.24) is 4.98 Å². The van der Waals surface area contributed by atoms with Gasteiger partial charge in [-0.1, -0.05) is 29.5 Å². The predicted octanol–water partition coefficient (Wildman–Crippen LogP) is 0.166. The van der Waals surface area contributed by atoms with E-state index in [0.717, 1.165) is 16.6 Å². The van der Waals surface area contributed by atoms with Gasteiger partial charge in [-0.05, 0) is 18.2 Å². The molecule has 0 fully saturated rings. The van der Waals surface area contributed by atoms with Crippen LogP contribution in [-0.4, -0.2) is 16.0 Å². The molecular weight excluding hydrogens is 264 g/mol. The smallest absolute Gasteiger partial charge is 0.307 e. The second-order valence-electron chi connectivity index (χ2n) is 3.95. The van der Waals surface area contributed by atoms with Gasteiger partial charge in [0, 0.05) is 10.8 Å². The van der Waals surface area contributed by atoms with Crippen molar-refractivity contribution in [2.75, 3.05) is 0 Å². The van der Waals surface area contributed by atoms with Crippen molar-refractivity contribution < 1.29 is 9.90 Å².